The van der Waals surface area contributed by atoms with E-state index in [1.807, 2.05) is 0 Å². The first-order chi connectivity index (χ1) is 9.37. The molecular weight excluding hydrogens is 254 g/mol. The minimum atomic E-state index is -0.774. The van der Waals surface area contributed by atoms with Gasteiger partial charge in [-0.3, -0.25) is 4.79 Å². The minimum absolute atomic E-state index is 0.0227. The number of amides is 1. The van der Waals surface area contributed by atoms with E-state index >= 15 is 0 Å². The van der Waals surface area contributed by atoms with Crippen LogP contribution in [0, 0.1) is 11.3 Å². The highest BCUT2D eigenvalue weighted by Crippen LogP contribution is 2.58. The van der Waals surface area contributed by atoms with Crippen molar-refractivity contribution in [2.75, 3.05) is 26.7 Å². The van der Waals surface area contributed by atoms with E-state index in [1.54, 1.807) is 0 Å². The fourth-order valence-electron chi connectivity index (χ4n) is 4.43. The third kappa shape index (κ3) is 1.83. The van der Waals surface area contributed by atoms with Gasteiger partial charge in [0.2, 0.25) is 5.91 Å². The Kier molecular flexibility index (Phi) is 3.35. The summed E-state index contributed by atoms with van der Waals surface area (Å²) in [5.41, 5.74) is 5.50. The lowest BCUT2D eigenvalue weighted by atomic mass is 9.48. The number of piperidine rings is 1. The fraction of sp³-hybridized carbons (Fsp3) is 0.933. The van der Waals surface area contributed by atoms with Gasteiger partial charge < -0.3 is 20.7 Å². The molecule has 3 rings (SSSR count). The second-order valence-corrected chi connectivity index (χ2v) is 7.35. The normalized spacial score (nSPS) is 43.7. The number of likely N-dealkylation sites (tertiary alicyclic amines) is 1. The molecule has 0 aromatic heterocycles. The lowest BCUT2D eigenvalue weighted by Gasteiger charge is -2.61. The third-order valence-electron chi connectivity index (χ3n) is 5.79. The monoisotopic (exact) mass is 281 g/mol. The van der Waals surface area contributed by atoms with Gasteiger partial charge in [-0.2, -0.15) is 0 Å². The molecule has 3 N–H and O–H groups in total. The van der Waals surface area contributed by atoms with Gasteiger partial charge in [-0.05, 0) is 32.9 Å². The van der Waals surface area contributed by atoms with Crippen molar-refractivity contribution in [2.45, 2.75) is 50.8 Å². The largest absolute Gasteiger partial charge is 0.377 e. The number of fused-ring (bicyclic) bond motifs is 1. The van der Waals surface area contributed by atoms with Crippen LogP contribution in [0.3, 0.4) is 0 Å². The van der Waals surface area contributed by atoms with Crippen LogP contribution in [0.4, 0.5) is 0 Å². The highest BCUT2D eigenvalue weighted by Gasteiger charge is 2.71. The molecule has 1 saturated carbocycles. The van der Waals surface area contributed by atoms with Crippen molar-refractivity contribution in [1.29, 1.82) is 0 Å². The van der Waals surface area contributed by atoms with Gasteiger partial charge in [0.05, 0.1) is 6.10 Å². The van der Waals surface area contributed by atoms with Crippen molar-refractivity contribution in [1.82, 2.24) is 10.2 Å². The van der Waals surface area contributed by atoms with Gasteiger partial charge in [0, 0.05) is 30.5 Å². The third-order valence-corrected chi connectivity index (χ3v) is 5.79. The number of likely N-dealkylation sites (N-methyl/N-ethyl adjacent to an activating group) is 1. The molecule has 3 fully saturated rings. The molecule has 1 aliphatic carbocycles. The van der Waals surface area contributed by atoms with Crippen LogP contribution in [-0.2, 0) is 9.53 Å². The SMILES string of the molecule is CN1CCCC(NC(=O)C2(N)C3CCOC3C2(C)C)C1. The van der Waals surface area contributed by atoms with Crippen LogP contribution in [0.2, 0.25) is 0 Å². The van der Waals surface area contributed by atoms with Crippen LogP contribution in [0.1, 0.15) is 33.1 Å². The molecule has 0 bridgehead atoms. The average Bonchev–Trinajstić information content (AvgIpc) is 2.85. The number of rotatable bonds is 2. The summed E-state index contributed by atoms with van der Waals surface area (Å²) in [5, 5.41) is 3.20. The standard InChI is InChI=1S/C15H27N3O2/c1-14(2)12-11(6-8-20-12)15(14,16)13(19)17-10-5-4-7-18(3)9-10/h10-12H,4-9,16H2,1-3H3,(H,17,19). The van der Waals surface area contributed by atoms with E-state index in [9.17, 15) is 4.79 Å². The summed E-state index contributed by atoms with van der Waals surface area (Å²) in [6, 6.07) is 0.235. The zero-order chi connectivity index (χ0) is 14.5. The van der Waals surface area contributed by atoms with Crippen molar-refractivity contribution < 1.29 is 9.53 Å². The van der Waals surface area contributed by atoms with E-state index in [-0.39, 0.29) is 29.4 Å². The summed E-state index contributed by atoms with van der Waals surface area (Å²) in [4.78, 5) is 15.0. The molecule has 1 amide bonds. The Balaban J connectivity index is 1.70. The molecule has 2 heterocycles. The number of hydrogen-bond donors (Lipinski definition) is 2. The summed E-state index contributed by atoms with van der Waals surface area (Å²) >= 11 is 0. The molecule has 4 atom stereocenters. The van der Waals surface area contributed by atoms with Crippen molar-refractivity contribution >= 4 is 5.91 Å². The maximum absolute atomic E-state index is 12.8. The zero-order valence-electron chi connectivity index (χ0n) is 12.8. The zero-order valence-corrected chi connectivity index (χ0v) is 12.8. The molecule has 5 nitrogen and oxygen atoms in total. The van der Waals surface area contributed by atoms with E-state index in [0.29, 0.717) is 0 Å². The van der Waals surface area contributed by atoms with Gasteiger partial charge >= 0.3 is 0 Å². The molecular formula is C15H27N3O2. The Morgan fingerprint density at radius 3 is 2.85 bits per heavy atom. The molecule has 2 saturated heterocycles. The summed E-state index contributed by atoms with van der Waals surface area (Å²) in [5.74, 6) is 0.202. The van der Waals surface area contributed by atoms with Crippen molar-refractivity contribution in [3.05, 3.63) is 0 Å². The summed E-state index contributed by atoms with van der Waals surface area (Å²) in [7, 11) is 2.10. The van der Waals surface area contributed by atoms with E-state index in [1.165, 1.54) is 0 Å². The highest BCUT2D eigenvalue weighted by molar-refractivity contribution is 5.89. The first-order valence-electron chi connectivity index (χ1n) is 7.77. The van der Waals surface area contributed by atoms with Gasteiger partial charge in [0.1, 0.15) is 5.54 Å². The topological polar surface area (TPSA) is 67.6 Å². The van der Waals surface area contributed by atoms with Gasteiger partial charge in [-0.1, -0.05) is 13.8 Å². The number of nitrogens with two attached hydrogens (primary N) is 1. The lowest BCUT2D eigenvalue weighted by Crippen LogP contribution is -2.80. The molecule has 114 valence electrons. The first kappa shape index (κ1) is 14.3. The van der Waals surface area contributed by atoms with Crippen LogP contribution in [0.15, 0.2) is 0 Å². The van der Waals surface area contributed by atoms with Crippen LogP contribution in [0.5, 0.6) is 0 Å². The minimum Gasteiger partial charge on any atom is -0.377 e. The van der Waals surface area contributed by atoms with Crippen molar-refractivity contribution in [3.63, 3.8) is 0 Å². The number of ether oxygens (including phenoxy) is 1. The Morgan fingerprint density at radius 1 is 1.40 bits per heavy atom. The van der Waals surface area contributed by atoms with Crippen LogP contribution < -0.4 is 11.1 Å². The van der Waals surface area contributed by atoms with Gasteiger partial charge in [-0.25, -0.2) is 0 Å². The quantitative estimate of drug-likeness (QED) is 0.766. The van der Waals surface area contributed by atoms with Crippen molar-refractivity contribution in [3.8, 4) is 0 Å². The molecule has 2 aliphatic heterocycles. The molecule has 0 spiro atoms. The number of carbonyl (C=O) groups is 1. The Morgan fingerprint density at radius 2 is 2.15 bits per heavy atom. The fourth-order valence-corrected chi connectivity index (χ4v) is 4.43. The molecule has 20 heavy (non-hydrogen) atoms. The van der Waals surface area contributed by atoms with Crippen LogP contribution in [0.25, 0.3) is 0 Å². The maximum atomic E-state index is 12.8. The van der Waals surface area contributed by atoms with Gasteiger partial charge in [0.25, 0.3) is 0 Å². The summed E-state index contributed by atoms with van der Waals surface area (Å²) in [6.45, 7) is 6.90. The molecule has 3 aliphatic rings. The van der Waals surface area contributed by atoms with Crippen molar-refractivity contribution in [2.24, 2.45) is 17.1 Å². The first-order valence-corrected chi connectivity index (χ1v) is 7.77. The second-order valence-electron chi connectivity index (χ2n) is 7.35. The highest BCUT2D eigenvalue weighted by atomic mass is 16.5. The Bertz CT molecular complexity index is 412. The van der Waals surface area contributed by atoms with Crippen LogP contribution in [-0.4, -0.2) is 55.2 Å². The van der Waals surface area contributed by atoms with E-state index in [4.69, 9.17) is 10.5 Å². The van der Waals surface area contributed by atoms with Gasteiger partial charge in [0.15, 0.2) is 0 Å². The Labute approximate surface area is 121 Å². The van der Waals surface area contributed by atoms with E-state index < -0.39 is 5.54 Å². The molecule has 0 aromatic rings. The predicted molar refractivity (Wildman–Crippen MR) is 77.2 cm³/mol. The van der Waals surface area contributed by atoms with Gasteiger partial charge in [-0.15, -0.1) is 0 Å². The predicted octanol–water partition coefficient (Wildman–Crippen LogP) is 0.339. The number of nitrogens with one attached hydrogen (secondary N) is 1. The number of carbonyl (C=O) groups excluding carboxylic acids is 1. The summed E-state index contributed by atoms with van der Waals surface area (Å²) in [6.07, 6.45) is 3.24. The van der Waals surface area contributed by atoms with Crippen LogP contribution >= 0.6 is 0 Å². The lowest BCUT2D eigenvalue weighted by molar-refractivity contribution is -0.176. The maximum Gasteiger partial charge on any atom is 0.241 e. The summed E-state index contributed by atoms with van der Waals surface area (Å²) < 4.78 is 5.75. The van der Waals surface area contributed by atoms with E-state index in [0.717, 1.165) is 39.0 Å². The molecule has 5 heteroatoms. The average molecular weight is 281 g/mol. The smallest absolute Gasteiger partial charge is 0.241 e. The molecule has 0 aromatic carbocycles. The van der Waals surface area contributed by atoms with E-state index in [2.05, 4.69) is 31.1 Å². The second kappa shape index (κ2) is 4.68. The Hall–Kier alpha value is -0.650. The molecule has 4 unspecified atom stereocenters. The number of nitrogens with zero attached hydrogens (tertiary/aromatic N) is 1. The molecule has 0 radical (unpaired) electrons. The number of hydrogen-bond acceptors (Lipinski definition) is 4.